The highest BCUT2D eigenvalue weighted by Gasteiger charge is 2.34. The Morgan fingerprint density at radius 1 is 1.10 bits per heavy atom. The lowest BCUT2D eigenvalue weighted by atomic mass is 9.79. The second-order valence-corrected chi connectivity index (χ2v) is 6.60. The van der Waals surface area contributed by atoms with E-state index in [1.165, 1.54) is 38.5 Å². The number of nitrogens with one attached hydrogen (secondary N) is 1. The van der Waals surface area contributed by atoms with Crippen LogP contribution < -0.4 is 5.32 Å². The van der Waals surface area contributed by atoms with Gasteiger partial charge in [-0.15, -0.1) is 0 Å². The summed E-state index contributed by atoms with van der Waals surface area (Å²) in [5, 5.41) is 12.9. The van der Waals surface area contributed by atoms with Crippen molar-refractivity contribution < 1.29 is 9.90 Å². The zero-order valence-electron chi connectivity index (χ0n) is 13.6. The highest BCUT2D eigenvalue weighted by atomic mass is 16.4. The van der Waals surface area contributed by atoms with Crippen LogP contribution in [-0.4, -0.2) is 24.2 Å². The number of hydrogen-bond donors (Lipinski definition) is 2. The molecule has 0 saturated heterocycles. The molecule has 0 aromatic carbocycles. The lowest BCUT2D eigenvalue weighted by Gasteiger charge is -2.31. The molecule has 1 rings (SSSR count). The summed E-state index contributed by atoms with van der Waals surface area (Å²) in [5.41, 5.74) is -0.570. The van der Waals surface area contributed by atoms with Gasteiger partial charge in [0.15, 0.2) is 0 Å². The third kappa shape index (κ3) is 4.76. The Morgan fingerprint density at radius 2 is 1.65 bits per heavy atom. The molecule has 0 aliphatic heterocycles. The molecule has 118 valence electrons. The molecule has 20 heavy (non-hydrogen) atoms. The molecule has 0 heterocycles. The summed E-state index contributed by atoms with van der Waals surface area (Å²) >= 11 is 0. The van der Waals surface area contributed by atoms with Crippen LogP contribution in [0.25, 0.3) is 0 Å². The fraction of sp³-hybridized carbons (Fsp3) is 0.941. The topological polar surface area (TPSA) is 49.3 Å². The van der Waals surface area contributed by atoms with Crippen LogP contribution in [-0.2, 0) is 4.79 Å². The van der Waals surface area contributed by atoms with Crippen molar-refractivity contribution >= 4 is 5.97 Å². The fourth-order valence-electron chi connectivity index (χ4n) is 3.53. The van der Waals surface area contributed by atoms with Crippen molar-refractivity contribution in [3.63, 3.8) is 0 Å². The molecular weight excluding hydrogens is 250 g/mol. The van der Waals surface area contributed by atoms with E-state index in [1.807, 2.05) is 13.8 Å². The molecule has 0 amide bonds. The second-order valence-electron chi connectivity index (χ2n) is 6.60. The van der Waals surface area contributed by atoms with Crippen LogP contribution in [0.15, 0.2) is 0 Å². The molecule has 0 aromatic heterocycles. The summed E-state index contributed by atoms with van der Waals surface area (Å²) in [4.78, 5) is 11.4. The molecule has 1 aliphatic rings. The van der Waals surface area contributed by atoms with Crippen LogP contribution in [0.5, 0.6) is 0 Å². The van der Waals surface area contributed by atoms with Gasteiger partial charge >= 0.3 is 5.97 Å². The number of carboxylic acid groups (broad SMARTS) is 1. The first-order chi connectivity index (χ1) is 9.57. The zero-order valence-corrected chi connectivity index (χ0v) is 13.6. The van der Waals surface area contributed by atoms with Gasteiger partial charge in [0, 0.05) is 6.54 Å². The number of carbonyl (C=O) groups is 1. The first-order valence-corrected chi connectivity index (χ1v) is 8.52. The minimum atomic E-state index is -0.651. The highest BCUT2D eigenvalue weighted by Crippen LogP contribution is 2.31. The van der Waals surface area contributed by atoms with Gasteiger partial charge in [-0.25, -0.2) is 0 Å². The largest absolute Gasteiger partial charge is 0.481 e. The van der Waals surface area contributed by atoms with Crippen molar-refractivity contribution in [3.05, 3.63) is 0 Å². The SMILES string of the molecule is CCCC1CCC(CNCC(CC)(CC)C(=O)O)CC1. The Balaban J connectivity index is 2.29. The summed E-state index contributed by atoms with van der Waals surface area (Å²) in [5.74, 6) is 1.05. The summed E-state index contributed by atoms with van der Waals surface area (Å²) in [6.07, 6.45) is 9.46. The molecule has 0 radical (unpaired) electrons. The molecule has 3 nitrogen and oxygen atoms in total. The summed E-state index contributed by atoms with van der Waals surface area (Å²) in [7, 11) is 0. The van der Waals surface area contributed by atoms with E-state index in [0.29, 0.717) is 19.4 Å². The van der Waals surface area contributed by atoms with Crippen LogP contribution in [0, 0.1) is 17.3 Å². The molecule has 0 aromatic rings. The minimum absolute atomic E-state index is 0.570. The van der Waals surface area contributed by atoms with Gasteiger partial charge in [0.1, 0.15) is 0 Å². The van der Waals surface area contributed by atoms with Crippen LogP contribution in [0.2, 0.25) is 0 Å². The number of aliphatic carboxylic acids is 1. The maximum absolute atomic E-state index is 11.4. The Hall–Kier alpha value is -0.570. The monoisotopic (exact) mass is 283 g/mol. The Morgan fingerprint density at radius 3 is 2.10 bits per heavy atom. The summed E-state index contributed by atoms with van der Waals surface area (Å²) in [6, 6.07) is 0. The molecule has 1 saturated carbocycles. The van der Waals surface area contributed by atoms with E-state index in [9.17, 15) is 9.90 Å². The van der Waals surface area contributed by atoms with Gasteiger partial charge in [-0.3, -0.25) is 4.79 Å². The van der Waals surface area contributed by atoms with Crippen molar-refractivity contribution in [2.75, 3.05) is 13.1 Å². The first-order valence-electron chi connectivity index (χ1n) is 8.52. The van der Waals surface area contributed by atoms with Crippen LogP contribution in [0.1, 0.15) is 72.1 Å². The van der Waals surface area contributed by atoms with Gasteiger partial charge < -0.3 is 10.4 Å². The highest BCUT2D eigenvalue weighted by molar-refractivity contribution is 5.74. The molecule has 2 N–H and O–H groups in total. The Kier molecular flexibility index (Phi) is 7.57. The maximum atomic E-state index is 11.4. The predicted molar refractivity (Wildman–Crippen MR) is 83.9 cm³/mol. The number of rotatable bonds is 9. The lowest BCUT2D eigenvalue weighted by molar-refractivity contribution is -0.149. The molecule has 0 bridgehead atoms. The van der Waals surface area contributed by atoms with E-state index in [0.717, 1.165) is 18.4 Å². The van der Waals surface area contributed by atoms with Gasteiger partial charge in [0.2, 0.25) is 0 Å². The van der Waals surface area contributed by atoms with Gasteiger partial charge in [0.05, 0.1) is 5.41 Å². The van der Waals surface area contributed by atoms with E-state index in [-0.39, 0.29) is 0 Å². The van der Waals surface area contributed by atoms with Crippen molar-refractivity contribution in [3.8, 4) is 0 Å². The molecule has 0 spiro atoms. The predicted octanol–water partition coefficient (Wildman–Crippen LogP) is 4.07. The first kappa shape index (κ1) is 17.5. The minimum Gasteiger partial charge on any atom is -0.481 e. The van der Waals surface area contributed by atoms with E-state index in [2.05, 4.69) is 12.2 Å². The van der Waals surface area contributed by atoms with E-state index < -0.39 is 11.4 Å². The van der Waals surface area contributed by atoms with E-state index in [1.54, 1.807) is 0 Å². The summed E-state index contributed by atoms with van der Waals surface area (Å²) < 4.78 is 0. The lowest BCUT2D eigenvalue weighted by Crippen LogP contribution is -2.42. The molecule has 1 aliphatic carbocycles. The van der Waals surface area contributed by atoms with Gasteiger partial charge in [-0.2, -0.15) is 0 Å². The van der Waals surface area contributed by atoms with E-state index >= 15 is 0 Å². The number of carboxylic acids is 1. The van der Waals surface area contributed by atoms with Crippen molar-refractivity contribution in [1.82, 2.24) is 5.32 Å². The molecule has 3 heteroatoms. The van der Waals surface area contributed by atoms with Gasteiger partial charge in [0.25, 0.3) is 0 Å². The Labute approximate surface area is 124 Å². The van der Waals surface area contributed by atoms with Gasteiger partial charge in [-0.1, -0.05) is 46.5 Å². The smallest absolute Gasteiger partial charge is 0.310 e. The molecule has 0 unspecified atom stereocenters. The average molecular weight is 283 g/mol. The molecular formula is C17H33NO2. The average Bonchev–Trinajstić information content (AvgIpc) is 2.46. The van der Waals surface area contributed by atoms with Crippen molar-refractivity contribution in [1.29, 1.82) is 0 Å². The zero-order chi connectivity index (χ0) is 15.0. The molecule has 0 atom stereocenters. The Bertz CT molecular complexity index is 279. The second kappa shape index (κ2) is 8.66. The third-order valence-electron chi connectivity index (χ3n) is 5.37. The molecule has 1 fully saturated rings. The van der Waals surface area contributed by atoms with Crippen LogP contribution in [0.4, 0.5) is 0 Å². The van der Waals surface area contributed by atoms with Crippen LogP contribution in [0.3, 0.4) is 0 Å². The standard InChI is InChI=1S/C17H33NO2/c1-4-7-14-8-10-15(11-9-14)12-18-13-17(5-2,6-3)16(19)20/h14-15,18H,4-13H2,1-3H3,(H,19,20). The fourth-order valence-corrected chi connectivity index (χ4v) is 3.53. The number of hydrogen-bond acceptors (Lipinski definition) is 2. The third-order valence-corrected chi connectivity index (χ3v) is 5.37. The quantitative estimate of drug-likeness (QED) is 0.670. The van der Waals surface area contributed by atoms with Crippen LogP contribution >= 0.6 is 0 Å². The van der Waals surface area contributed by atoms with Crippen molar-refractivity contribution in [2.24, 2.45) is 17.3 Å². The van der Waals surface area contributed by atoms with Crippen molar-refractivity contribution in [2.45, 2.75) is 72.1 Å². The van der Waals surface area contributed by atoms with Gasteiger partial charge in [-0.05, 0) is 44.1 Å². The normalized spacial score (nSPS) is 23.8. The maximum Gasteiger partial charge on any atom is 0.310 e. The van der Waals surface area contributed by atoms with E-state index in [4.69, 9.17) is 0 Å². The summed E-state index contributed by atoms with van der Waals surface area (Å²) in [6.45, 7) is 7.84.